The standard InChI is InChI=1S/C44H60I2N2/c1-9-11-21-45-30-43(5,6)40-17-13-34(14-18-40)37-27-38(35-15-19-41(20-16-35)44(7,8)31-46-22-12-10-2)29-39(28-37)36-25-32(3)42(33(4)26-36)48-24-23-47/h13-20,23-29,45-46,48H,9-12,21-22,30-31,47H2,1-8H3/b24-23-. The number of alkyl halides is 4. The van der Waals surface area contributed by atoms with Crippen LogP contribution >= 0.6 is 42.4 Å². The van der Waals surface area contributed by atoms with E-state index in [2.05, 4.69) is 140 Å². The van der Waals surface area contributed by atoms with Gasteiger partial charge in [0.05, 0.1) is 0 Å². The molecule has 0 spiro atoms. The molecule has 0 saturated heterocycles. The van der Waals surface area contributed by atoms with Crippen molar-refractivity contribution in [3.63, 3.8) is 0 Å². The van der Waals surface area contributed by atoms with E-state index in [0.717, 1.165) is 5.69 Å². The summed E-state index contributed by atoms with van der Waals surface area (Å²) < 4.78 is 5.62. The third kappa shape index (κ3) is 10.3. The van der Waals surface area contributed by atoms with Crippen LogP contribution in [0, 0.1) is 13.8 Å². The summed E-state index contributed by atoms with van der Waals surface area (Å²) in [6, 6.07) is 30.7. The molecule has 0 unspecified atom stereocenters. The van der Waals surface area contributed by atoms with E-state index >= 15 is 0 Å². The SMILES string of the molecule is CCCC[IH]CC(C)(C)c1ccc(-c2cc(-c3ccc(C(C)(C)C[IH]CCCC)cc3)cc(-c3cc(C)c(N/C=C\N)c(C)c3)c2)cc1. The van der Waals surface area contributed by atoms with Gasteiger partial charge in [0.15, 0.2) is 0 Å². The molecule has 4 rings (SSSR count). The Balaban J connectivity index is 1.72. The number of hydrogen-bond acceptors (Lipinski definition) is 2. The van der Waals surface area contributed by atoms with Gasteiger partial charge in [-0.15, -0.1) is 0 Å². The van der Waals surface area contributed by atoms with Gasteiger partial charge in [0.1, 0.15) is 0 Å². The van der Waals surface area contributed by atoms with E-state index < -0.39 is 0 Å². The number of nitrogens with one attached hydrogen (secondary N) is 1. The van der Waals surface area contributed by atoms with Crippen LogP contribution in [-0.2, 0) is 10.8 Å². The number of benzene rings is 4. The molecular weight excluding hydrogens is 810 g/mol. The average molecular weight is 871 g/mol. The molecule has 0 radical (unpaired) electrons. The van der Waals surface area contributed by atoms with Gasteiger partial charge in [0, 0.05) is 18.1 Å². The van der Waals surface area contributed by atoms with Crippen molar-refractivity contribution in [2.24, 2.45) is 5.73 Å². The van der Waals surface area contributed by atoms with E-state index in [9.17, 15) is 0 Å². The van der Waals surface area contributed by atoms with Crippen molar-refractivity contribution in [1.82, 2.24) is 0 Å². The quantitative estimate of drug-likeness (QED) is 0.0630. The number of nitrogens with two attached hydrogens (primary N) is 1. The zero-order valence-corrected chi connectivity index (χ0v) is 35.4. The van der Waals surface area contributed by atoms with Gasteiger partial charge in [-0.2, -0.15) is 0 Å². The van der Waals surface area contributed by atoms with E-state index in [1.165, 1.54) is 99.0 Å². The summed E-state index contributed by atoms with van der Waals surface area (Å²) in [7, 11) is 0. The van der Waals surface area contributed by atoms with E-state index in [4.69, 9.17) is 5.73 Å². The number of rotatable bonds is 17. The number of unbranched alkanes of at least 4 members (excludes halogenated alkanes) is 2. The van der Waals surface area contributed by atoms with Gasteiger partial charge >= 0.3 is 273 Å². The van der Waals surface area contributed by atoms with Crippen molar-refractivity contribution >= 4 is 48.1 Å². The first-order valence-corrected chi connectivity index (χ1v) is 24.4. The number of aryl methyl sites for hydroxylation is 2. The molecule has 3 N–H and O–H groups in total. The maximum atomic E-state index is 5.63. The fourth-order valence-electron chi connectivity index (χ4n) is 6.16. The van der Waals surface area contributed by atoms with Gasteiger partial charge in [-0.05, 0) is 13.8 Å². The summed E-state index contributed by atoms with van der Waals surface area (Å²) in [5.74, 6) is 0. The molecule has 0 heterocycles. The molecule has 0 bridgehead atoms. The first kappa shape index (κ1) is 38.5. The van der Waals surface area contributed by atoms with Crippen LogP contribution in [0.1, 0.15) is 89.5 Å². The molecule has 48 heavy (non-hydrogen) atoms. The van der Waals surface area contributed by atoms with Crippen LogP contribution in [0.25, 0.3) is 33.4 Å². The van der Waals surface area contributed by atoms with Crippen LogP contribution < -0.4 is 11.1 Å². The van der Waals surface area contributed by atoms with E-state index in [1.807, 2.05) is 0 Å². The van der Waals surface area contributed by atoms with E-state index in [1.54, 1.807) is 12.4 Å². The predicted molar refractivity (Wildman–Crippen MR) is 235 cm³/mol. The Hall–Kier alpha value is -2.32. The molecule has 4 heteroatoms. The summed E-state index contributed by atoms with van der Waals surface area (Å²) >= 11 is 0.119. The Kier molecular flexibility index (Phi) is 14.5. The van der Waals surface area contributed by atoms with Gasteiger partial charge in [-0.3, -0.25) is 0 Å². The Labute approximate surface area is 313 Å². The van der Waals surface area contributed by atoms with Crippen molar-refractivity contribution in [2.45, 2.75) is 91.9 Å². The second-order valence-corrected chi connectivity index (χ2v) is 20.8. The molecule has 0 fully saturated rings. The molecule has 4 aromatic rings. The fraction of sp³-hybridized carbons (Fsp3) is 0.409. The first-order valence-electron chi connectivity index (χ1n) is 17.8. The summed E-state index contributed by atoms with van der Waals surface area (Å²) in [6.07, 6.45) is 8.75. The minimum atomic E-state index is 0.0594. The van der Waals surface area contributed by atoms with Crippen molar-refractivity contribution in [2.75, 3.05) is 23.0 Å². The number of anilines is 1. The average Bonchev–Trinajstić information content (AvgIpc) is 3.08. The molecule has 0 aliphatic carbocycles. The molecule has 0 saturated carbocycles. The van der Waals surface area contributed by atoms with Crippen molar-refractivity contribution in [3.8, 4) is 33.4 Å². The van der Waals surface area contributed by atoms with Gasteiger partial charge in [0.2, 0.25) is 0 Å². The van der Waals surface area contributed by atoms with Crippen LogP contribution in [0.5, 0.6) is 0 Å². The number of hydrogen-bond donors (Lipinski definition) is 2. The molecule has 4 aromatic carbocycles. The summed E-state index contributed by atoms with van der Waals surface area (Å²) in [5, 5.41) is 3.36. The molecule has 0 aromatic heterocycles. The molecule has 0 aliphatic rings. The molecule has 0 amide bonds. The predicted octanol–water partition coefficient (Wildman–Crippen LogP) is 12.7. The van der Waals surface area contributed by atoms with Crippen LogP contribution in [0.15, 0.2) is 91.3 Å². The number of halogens is 2. The zero-order valence-electron chi connectivity index (χ0n) is 30.7. The van der Waals surface area contributed by atoms with Gasteiger partial charge in [-0.25, -0.2) is 0 Å². The Bertz CT molecular complexity index is 1520. The maximum absolute atomic E-state index is 5.63. The third-order valence-electron chi connectivity index (χ3n) is 9.33. The minimum absolute atomic E-state index is 0.0594. The summed E-state index contributed by atoms with van der Waals surface area (Å²) in [5.41, 5.74) is 20.1. The van der Waals surface area contributed by atoms with Gasteiger partial charge in [-0.1, -0.05) is 0 Å². The molecule has 260 valence electrons. The van der Waals surface area contributed by atoms with Crippen LogP contribution in [0.2, 0.25) is 0 Å². The molecule has 2 nitrogen and oxygen atoms in total. The van der Waals surface area contributed by atoms with E-state index in [-0.39, 0.29) is 53.2 Å². The van der Waals surface area contributed by atoms with Crippen molar-refractivity contribution in [1.29, 1.82) is 0 Å². The second-order valence-electron chi connectivity index (χ2n) is 14.5. The van der Waals surface area contributed by atoms with Crippen molar-refractivity contribution < 1.29 is 0 Å². The zero-order chi connectivity index (χ0) is 34.7. The Morgan fingerprint density at radius 3 is 1.33 bits per heavy atom. The normalized spacial score (nSPS) is 12.3. The first-order chi connectivity index (χ1) is 23.0. The molecule has 0 aliphatic heterocycles. The fourth-order valence-corrected chi connectivity index (χ4v) is 13.7. The third-order valence-corrected chi connectivity index (χ3v) is 17.9. The monoisotopic (exact) mass is 870 g/mol. The summed E-state index contributed by atoms with van der Waals surface area (Å²) in [6.45, 7) is 18.7. The van der Waals surface area contributed by atoms with Crippen LogP contribution in [0.4, 0.5) is 5.69 Å². The van der Waals surface area contributed by atoms with Crippen molar-refractivity contribution in [3.05, 3.63) is 114 Å². The second kappa shape index (κ2) is 18.1. The Morgan fingerprint density at radius 2 is 0.958 bits per heavy atom. The molecule has 0 atom stereocenters. The summed E-state index contributed by atoms with van der Waals surface area (Å²) in [4.78, 5) is 0. The molecular formula is C44H60I2N2. The van der Waals surface area contributed by atoms with Crippen LogP contribution in [0.3, 0.4) is 0 Å². The van der Waals surface area contributed by atoms with Gasteiger partial charge < -0.3 is 11.1 Å². The van der Waals surface area contributed by atoms with Gasteiger partial charge in [0.25, 0.3) is 0 Å². The Morgan fingerprint density at radius 1 is 0.583 bits per heavy atom. The van der Waals surface area contributed by atoms with E-state index in [0.29, 0.717) is 0 Å². The van der Waals surface area contributed by atoms with Crippen LogP contribution in [-0.4, -0.2) is 17.7 Å². The topological polar surface area (TPSA) is 38.0 Å².